The van der Waals surface area contributed by atoms with Gasteiger partial charge in [-0.15, -0.1) is 11.6 Å². The molecule has 3 fully saturated rings. The van der Waals surface area contributed by atoms with Crippen LogP contribution in [0.1, 0.15) is 44.9 Å². The van der Waals surface area contributed by atoms with E-state index in [2.05, 4.69) is 0 Å². The van der Waals surface area contributed by atoms with E-state index in [1.165, 1.54) is 32.1 Å². The number of nitrogens with zero attached hydrogens (tertiary/aromatic N) is 1. The zero-order chi connectivity index (χ0) is 13.9. The molecule has 2 saturated carbocycles. The number of hydrogen-bond acceptors (Lipinski definition) is 2. The van der Waals surface area contributed by atoms with E-state index in [0.29, 0.717) is 24.9 Å². The SMILES string of the molecule is O=C(C1CCC2CCCCC2C1)N1CCOC(CCl)C1. The number of rotatable bonds is 2. The number of morpholine rings is 1. The van der Waals surface area contributed by atoms with Crippen LogP contribution in [0.4, 0.5) is 0 Å². The van der Waals surface area contributed by atoms with Crippen molar-refractivity contribution in [2.24, 2.45) is 17.8 Å². The van der Waals surface area contributed by atoms with Crippen LogP contribution in [-0.2, 0) is 9.53 Å². The van der Waals surface area contributed by atoms with E-state index in [4.69, 9.17) is 16.3 Å². The Bertz CT molecular complexity index is 349. The van der Waals surface area contributed by atoms with E-state index in [-0.39, 0.29) is 12.0 Å². The highest BCUT2D eigenvalue weighted by molar-refractivity contribution is 6.18. The summed E-state index contributed by atoms with van der Waals surface area (Å²) in [5, 5.41) is 0. The molecule has 0 aromatic heterocycles. The predicted molar refractivity (Wildman–Crippen MR) is 79.8 cm³/mol. The average molecular weight is 300 g/mol. The molecule has 20 heavy (non-hydrogen) atoms. The highest BCUT2D eigenvalue weighted by Gasteiger charge is 2.37. The van der Waals surface area contributed by atoms with Crippen molar-refractivity contribution in [2.45, 2.75) is 51.0 Å². The number of carbonyl (C=O) groups is 1. The minimum absolute atomic E-state index is 0.0281. The van der Waals surface area contributed by atoms with Crippen LogP contribution in [0.5, 0.6) is 0 Å². The van der Waals surface area contributed by atoms with Crippen LogP contribution >= 0.6 is 11.6 Å². The van der Waals surface area contributed by atoms with Crippen molar-refractivity contribution < 1.29 is 9.53 Å². The van der Waals surface area contributed by atoms with Crippen molar-refractivity contribution in [3.05, 3.63) is 0 Å². The topological polar surface area (TPSA) is 29.5 Å². The fourth-order valence-electron chi connectivity index (χ4n) is 4.37. The smallest absolute Gasteiger partial charge is 0.225 e. The molecule has 2 aliphatic carbocycles. The molecule has 114 valence electrons. The molecule has 0 spiro atoms. The van der Waals surface area contributed by atoms with Gasteiger partial charge in [-0.1, -0.05) is 25.7 Å². The van der Waals surface area contributed by atoms with Gasteiger partial charge in [-0.05, 0) is 31.1 Å². The Hall–Kier alpha value is -0.280. The van der Waals surface area contributed by atoms with Crippen LogP contribution in [0.15, 0.2) is 0 Å². The molecule has 1 saturated heterocycles. The van der Waals surface area contributed by atoms with Gasteiger partial charge in [-0.25, -0.2) is 0 Å². The average Bonchev–Trinajstić information content (AvgIpc) is 2.53. The molecular formula is C16H26ClNO2. The first-order valence-corrected chi connectivity index (χ1v) is 8.77. The Morgan fingerprint density at radius 3 is 2.75 bits per heavy atom. The van der Waals surface area contributed by atoms with E-state index >= 15 is 0 Å². The minimum Gasteiger partial charge on any atom is -0.373 e. The summed E-state index contributed by atoms with van der Waals surface area (Å²) in [7, 11) is 0. The van der Waals surface area contributed by atoms with Crippen molar-refractivity contribution in [1.82, 2.24) is 4.90 Å². The monoisotopic (exact) mass is 299 g/mol. The lowest BCUT2D eigenvalue weighted by atomic mass is 9.67. The molecule has 3 nitrogen and oxygen atoms in total. The quantitative estimate of drug-likeness (QED) is 0.734. The molecular weight excluding hydrogens is 274 g/mol. The summed E-state index contributed by atoms with van der Waals surface area (Å²) >= 11 is 5.86. The van der Waals surface area contributed by atoms with Crippen molar-refractivity contribution in [3.63, 3.8) is 0 Å². The lowest BCUT2D eigenvalue weighted by Crippen LogP contribution is -2.49. The van der Waals surface area contributed by atoms with Crippen molar-refractivity contribution in [3.8, 4) is 0 Å². The van der Waals surface area contributed by atoms with Gasteiger partial charge in [0, 0.05) is 19.0 Å². The van der Waals surface area contributed by atoms with E-state index < -0.39 is 0 Å². The maximum atomic E-state index is 12.7. The summed E-state index contributed by atoms with van der Waals surface area (Å²) < 4.78 is 5.55. The number of amides is 1. The van der Waals surface area contributed by atoms with Crippen LogP contribution in [0.25, 0.3) is 0 Å². The highest BCUT2D eigenvalue weighted by atomic mass is 35.5. The van der Waals surface area contributed by atoms with Gasteiger partial charge in [0.05, 0.1) is 18.6 Å². The van der Waals surface area contributed by atoms with Gasteiger partial charge in [0.25, 0.3) is 0 Å². The Kier molecular flexibility index (Phi) is 4.87. The van der Waals surface area contributed by atoms with Gasteiger partial charge in [-0.3, -0.25) is 4.79 Å². The minimum atomic E-state index is 0.0281. The van der Waals surface area contributed by atoms with E-state index in [1.807, 2.05) is 4.90 Å². The van der Waals surface area contributed by atoms with E-state index in [0.717, 1.165) is 31.2 Å². The summed E-state index contributed by atoms with van der Waals surface area (Å²) in [5.41, 5.74) is 0. The number of alkyl halides is 1. The third kappa shape index (κ3) is 3.14. The number of halogens is 1. The van der Waals surface area contributed by atoms with Crippen LogP contribution in [0.3, 0.4) is 0 Å². The largest absolute Gasteiger partial charge is 0.373 e. The van der Waals surface area contributed by atoms with Crippen LogP contribution in [0, 0.1) is 17.8 Å². The summed E-state index contributed by atoms with van der Waals surface area (Å²) in [6.45, 7) is 2.08. The van der Waals surface area contributed by atoms with E-state index in [9.17, 15) is 4.79 Å². The van der Waals surface area contributed by atoms with Gasteiger partial charge in [0.15, 0.2) is 0 Å². The summed E-state index contributed by atoms with van der Waals surface area (Å²) in [6, 6.07) is 0. The van der Waals surface area contributed by atoms with Crippen molar-refractivity contribution in [1.29, 1.82) is 0 Å². The first kappa shape index (κ1) is 14.6. The maximum absolute atomic E-state index is 12.7. The Morgan fingerprint density at radius 1 is 1.15 bits per heavy atom. The standard InChI is InChI=1S/C16H26ClNO2/c17-10-15-11-18(7-8-20-15)16(19)14-6-5-12-3-1-2-4-13(12)9-14/h12-15H,1-11H2. The second-order valence-electron chi connectivity index (χ2n) is 6.75. The van der Waals surface area contributed by atoms with Crippen molar-refractivity contribution in [2.75, 3.05) is 25.6 Å². The molecule has 1 amide bonds. The molecule has 4 unspecified atom stereocenters. The second kappa shape index (κ2) is 6.65. The number of ether oxygens (including phenoxy) is 1. The van der Waals surface area contributed by atoms with Gasteiger partial charge < -0.3 is 9.64 Å². The first-order chi connectivity index (χ1) is 9.78. The van der Waals surface area contributed by atoms with Crippen molar-refractivity contribution >= 4 is 17.5 Å². The Labute approximate surface area is 127 Å². The van der Waals surface area contributed by atoms with Crippen LogP contribution < -0.4 is 0 Å². The first-order valence-electron chi connectivity index (χ1n) is 8.24. The van der Waals surface area contributed by atoms with Gasteiger partial charge in [-0.2, -0.15) is 0 Å². The molecule has 0 radical (unpaired) electrons. The zero-order valence-electron chi connectivity index (χ0n) is 12.2. The number of hydrogen-bond donors (Lipinski definition) is 0. The molecule has 0 aromatic rings. The molecule has 3 aliphatic rings. The summed E-state index contributed by atoms with van der Waals surface area (Å²) in [6.07, 6.45) is 9.05. The molecule has 3 rings (SSSR count). The normalized spacial score (nSPS) is 38.4. The number of fused-ring (bicyclic) bond motifs is 1. The highest BCUT2D eigenvalue weighted by Crippen LogP contribution is 2.43. The van der Waals surface area contributed by atoms with E-state index in [1.54, 1.807) is 0 Å². The Morgan fingerprint density at radius 2 is 1.95 bits per heavy atom. The molecule has 4 atom stereocenters. The molecule has 0 aromatic carbocycles. The fraction of sp³-hybridized carbons (Fsp3) is 0.938. The third-order valence-corrected chi connectivity index (χ3v) is 5.86. The molecule has 1 heterocycles. The second-order valence-corrected chi connectivity index (χ2v) is 7.05. The molecule has 0 bridgehead atoms. The summed E-state index contributed by atoms with van der Waals surface area (Å²) in [5.74, 6) is 2.85. The lowest BCUT2D eigenvalue weighted by molar-refractivity contribution is -0.144. The molecule has 0 N–H and O–H groups in total. The van der Waals surface area contributed by atoms with Gasteiger partial charge in [0.1, 0.15) is 0 Å². The fourth-order valence-corrected chi connectivity index (χ4v) is 4.56. The third-order valence-electron chi connectivity index (χ3n) is 5.51. The summed E-state index contributed by atoms with van der Waals surface area (Å²) in [4.78, 5) is 14.7. The molecule has 4 heteroatoms. The van der Waals surface area contributed by atoms with Gasteiger partial charge in [0.2, 0.25) is 5.91 Å². The Balaban J connectivity index is 1.57. The predicted octanol–water partition coefficient (Wildman–Crippen LogP) is 3.06. The molecule has 1 aliphatic heterocycles. The lowest BCUT2D eigenvalue weighted by Gasteiger charge is -2.41. The number of carbonyl (C=O) groups excluding carboxylic acids is 1. The maximum Gasteiger partial charge on any atom is 0.225 e. The van der Waals surface area contributed by atoms with Crippen LogP contribution in [0.2, 0.25) is 0 Å². The van der Waals surface area contributed by atoms with Crippen LogP contribution in [-0.4, -0.2) is 42.5 Å². The zero-order valence-corrected chi connectivity index (χ0v) is 13.0. The van der Waals surface area contributed by atoms with Gasteiger partial charge >= 0.3 is 0 Å².